The summed E-state index contributed by atoms with van der Waals surface area (Å²) in [6.07, 6.45) is 0. The minimum atomic E-state index is -3.62. The molecule has 0 saturated heterocycles. The number of phosphoric acid groups is 1. The summed E-state index contributed by atoms with van der Waals surface area (Å²) < 4.78 is 34.2. The first-order valence-corrected chi connectivity index (χ1v) is 9.58. The second kappa shape index (κ2) is 10.2. The molecule has 2 aromatic rings. The highest BCUT2D eigenvalue weighted by molar-refractivity contribution is 7.48. The SMILES string of the molecule is Cl.N[C@H](COCc1ccccc1)COP1(=O)OCc2ccccc2CO1. The number of phosphoric ester groups is 1. The number of ether oxygens (including phenoxy) is 1. The average molecular weight is 400 g/mol. The first kappa shape index (κ1) is 21.1. The second-order valence-electron chi connectivity index (χ2n) is 5.82. The lowest BCUT2D eigenvalue weighted by molar-refractivity contribution is 0.0714. The van der Waals surface area contributed by atoms with Gasteiger partial charge in [0.2, 0.25) is 0 Å². The Balaban J connectivity index is 0.00000243. The highest BCUT2D eigenvalue weighted by Gasteiger charge is 2.30. The van der Waals surface area contributed by atoms with E-state index >= 15 is 0 Å². The summed E-state index contributed by atoms with van der Waals surface area (Å²) in [5, 5.41) is 0. The zero-order chi connectivity index (χ0) is 17.5. The lowest BCUT2D eigenvalue weighted by atomic mass is 10.1. The van der Waals surface area contributed by atoms with Crippen LogP contribution in [0.1, 0.15) is 16.7 Å². The molecule has 1 heterocycles. The van der Waals surface area contributed by atoms with Gasteiger partial charge in [0.15, 0.2) is 0 Å². The van der Waals surface area contributed by atoms with E-state index in [4.69, 9.17) is 24.0 Å². The van der Waals surface area contributed by atoms with Crippen molar-refractivity contribution in [2.45, 2.75) is 25.9 Å². The molecule has 0 aromatic heterocycles. The van der Waals surface area contributed by atoms with Crippen molar-refractivity contribution in [1.82, 2.24) is 0 Å². The molecule has 8 heteroatoms. The van der Waals surface area contributed by atoms with Crippen LogP contribution in [0, 0.1) is 0 Å². The highest BCUT2D eigenvalue weighted by Crippen LogP contribution is 2.52. The highest BCUT2D eigenvalue weighted by atomic mass is 35.5. The third-order valence-electron chi connectivity index (χ3n) is 3.76. The van der Waals surface area contributed by atoms with Crippen molar-refractivity contribution in [2.75, 3.05) is 13.2 Å². The molecule has 1 aliphatic heterocycles. The fourth-order valence-corrected chi connectivity index (χ4v) is 3.58. The van der Waals surface area contributed by atoms with Crippen molar-refractivity contribution in [3.05, 3.63) is 71.3 Å². The predicted molar refractivity (Wildman–Crippen MR) is 101 cm³/mol. The van der Waals surface area contributed by atoms with Crippen LogP contribution in [0.2, 0.25) is 0 Å². The third kappa shape index (κ3) is 6.18. The zero-order valence-corrected chi connectivity index (χ0v) is 16.0. The van der Waals surface area contributed by atoms with Crippen LogP contribution in [0.25, 0.3) is 0 Å². The zero-order valence-electron chi connectivity index (χ0n) is 14.3. The van der Waals surface area contributed by atoms with Gasteiger partial charge in [-0.2, -0.15) is 0 Å². The number of fused-ring (bicyclic) bond motifs is 1. The molecule has 0 radical (unpaired) electrons. The summed E-state index contributed by atoms with van der Waals surface area (Å²) in [6, 6.07) is 17.0. The number of benzene rings is 2. The Kier molecular flexibility index (Phi) is 8.25. The van der Waals surface area contributed by atoms with E-state index < -0.39 is 13.9 Å². The van der Waals surface area contributed by atoms with E-state index in [0.717, 1.165) is 16.7 Å². The van der Waals surface area contributed by atoms with Gasteiger partial charge in [-0.1, -0.05) is 54.6 Å². The molecule has 0 aliphatic carbocycles. The van der Waals surface area contributed by atoms with Gasteiger partial charge in [0.05, 0.1) is 39.1 Å². The molecule has 2 aromatic carbocycles. The maximum absolute atomic E-state index is 12.6. The summed E-state index contributed by atoms with van der Waals surface area (Å²) in [4.78, 5) is 0. The van der Waals surface area contributed by atoms with Crippen LogP contribution >= 0.6 is 20.2 Å². The minimum Gasteiger partial charge on any atom is -0.375 e. The van der Waals surface area contributed by atoms with Crippen LogP contribution in [0.4, 0.5) is 0 Å². The standard InChI is InChI=1S/C18H22NO5P.ClH/c19-18(13-21-10-15-6-2-1-3-7-15)14-24-25(20)22-11-16-8-4-5-9-17(16)12-23-25;/h1-9,18H,10-14,19H2;1H/t18-;/m1./s1. The van der Waals surface area contributed by atoms with Crippen LogP contribution in [-0.4, -0.2) is 19.3 Å². The molecule has 1 atom stereocenters. The van der Waals surface area contributed by atoms with E-state index in [9.17, 15) is 4.57 Å². The van der Waals surface area contributed by atoms with Crippen molar-refractivity contribution in [2.24, 2.45) is 5.73 Å². The first-order valence-electron chi connectivity index (χ1n) is 8.12. The van der Waals surface area contributed by atoms with Crippen LogP contribution in [0.15, 0.2) is 54.6 Å². The Morgan fingerprint density at radius 2 is 1.54 bits per heavy atom. The van der Waals surface area contributed by atoms with E-state index in [1.807, 2.05) is 54.6 Å². The van der Waals surface area contributed by atoms with E-state index in [0.29, 0.717) is 6.61 Å². The molecule has 1 aliphatic rings. The van der Waals surface area contributed by atoms with Gasteiger partial charge in [0, 0.05) is 0 Å². The average Bonchev–Trinajstić information content (AvgIpc) is 2.81. The van der Waals surface area contributed by atoms with Crippen LogP contribution in [-0.2, 0) is 42.7 Å². The fraction of sp³-hybridized carbons (Fsp3) is 0.333. The quantitative estimate of drug-likeness (QED) is 0.713. The normalized spacial score (nSPS) is 16.8. The molecule has 0 amide bonds. The number of hydrogen-bond donors (Lipinski definition) is 1. The topological polar surface area (TPSA) is 80.0 Å². The third-order valence-corrected chi connectivity index (χ3v) is 5.12. The summed E-state index contributed by atoms with van der Waals surface area (Å²) in [7, 11) is -3.62. The Labute approximate surface area is 159 Å². The first-order chi connectivity index (χ1) is 12.1. The minimum absolute atomic E-state index is 0. The molecule has 0 bridgehead atoms. The predicted octanol–water partition coefficient (Wildman–Crippen LogP) is 3.82. The van der Waals surface area contributed by atoms with Crippen LogP contribution < -0.4 is 5.73 Å². The molecule has 0 unspecified atom stereocenters. The molecule has 0 spiro atoms. The summed E-state index contributed by atoms with van der Waals surface area (Å²) in [5.74, 6) is 0. The lowest BCUT2D eigenvalue weighted by Gasteiger charge is -2.18. The van der Waals surface area contributed by atoms with E-state index in [2.05, 4.69) is 0 Å². The molecule has 142 valence electrons. The maximum Gasteiger partial charge on any atom is 0.475 e. The Bertz CT molecular complexity index is 700. The molecule has 0 saturated carbocycles. The number of hydrogen-bond acceptors (Lipinski definition) is 6. The molecular weight excluding hydrogens is 377 g/mol. The van der Waals surface area contributed by atoms with Gasteiger partial charge in [-0.05, 0) is 16.7 Å². The number of halogens is 1. The van der Waals surface area contributed by atoms with Gasteiger partial charge >= 0.3 is 7.82 Å². The molecular formula is C18H23ClNO5P. The molecule has 2 N–H and O–H groups in total. The maximum atomic E-state index is 12.6. The number of nitrogens with two attached hydrogens (primary N) is 1. The summed E-state index contributed by atoms with van der Waals surface area (Å²) >= 11 is 0. The summed E-state index contributed by atoms with van der Waals surface area (Å²) in [6.45, 7) is 1.16. The van der Waals surface area contributed by atoms with Crippen molar-refractivity contribution in [3.63, 3.8) is 0 Å². The molecule has 26 heavy (non-hydrogen) atoms. The number of rotatable bonds is 7. The largest absolute Gasteiger partial charge is 0.475 e. The van der Waals surface area contributed by atoms with Gasteiger partial charge in [-0.15, -0.1) is 12.4 Å². The van der Waals surface area contributed by atoms with Crippen LogP contribution in [0.3, 0.4) is 0 Å². The van der Waals surface area contributed by atoms with Gasteiger partial charge < -0.3 is 10.5 Å². The Morgan fingerprint density at radius 1 is 0.962 bits per heavy atom. The Hall–Kier alpha value is -1.24. The van der Waals surface area contributed by atoms with Gasteiger partial charge in [0.1, 0.15) is 0 Å². The van der Waals surface area contributed by atoms with Crippen molar-refractivity contribution >= 4 is 20.2 Å². The Morgan fingerprint density at radius 3 is 2.15 bits per heavy atom. The molecule has 6 nitrogen and oxygen atoms in total. The summed E-state index contributed by atoms with van der Waals surface area (Å²) in [5.41, 5.74) is 8.91. The van der Waals surface area contributed by atoms with Gasteiger partial charge in [-0.3, -0.25) is 13.6 Å². The van der Waals surface area contributed by atoms with E-state index in [1.54, 1.807) is 0 Å². The van der Waals surface area contributed by atoms with E-state index in [-0.39, 0.29) is 38.8 Å². The smallest absolute Gasteiger partial charge is 0.375 e. The van der Waals surface area contributed by atoms with Crippen molar-refractivity contribution in [1.29, 1.82) is 0 Å². The monoisotopic (exact) mass is 399 g/mol. The van der Waals surface area contributed by atoms with Crippen LogP contribution in [0.5, 0.6) is 0 Å². The molecule has 3 rings (SSSR count). The van der Waals surface area contributed by atoms with Crippen molar-refractivity contribution < 1.29 is 22.9 Å². The van der Waals surface area contributed by atoms with Gasteiger partial charge in [-0.25, -0.2) is 4.57 Å². The fourth-order valence-electron chi connectivity index (χ4n) is 2.39. The van der Waals surface area contributed by atoms with Crippen molar-refractivity contribution in [3.8, 4) is 0 Å². The lowest BCUT2D eigenvalue weighted by Crippen LogP contribution is -2.31. The van der Waals surface area contributed by atoms with E-state index in [1.165, 1.54) is 0 Å². The van der Waals surface area contributed by atoms with Gasteiger partial charge in [0.25, 0.3) is 0 Å². The second-order valence-corrected chi connectivity index (χ2v) is 7.49. The molecule has 0 fully saturated rings.